The van der Waals surface area contributed by atoms with Gasteiger partial charge in [-0.05, 0) is 20.9 Å². The molecule has 0 rings (SSSR count). The van der Waals surface area contributed by atoms with Crippen molar-refractivity contribution in [1.29, 1.82) is 0 Å². The third-order valence-electron chi connectivity index (χ3n) is 2.41. The number of hydrogen-bond donors (Lipinski definition) is 0. The van der Waals surface area contributed by atoms with Crippen molar-refractivity contribution >= 4 is 0 Å². The van der Waals surface area contributed by atoms with Crippen LogP contribution in [0.1, 0.15) is 27.7 Å². The van der Waals surface area contributed by atoms with Gasteiger partial charge in [0.05, 0.1) is 19.8 Å². The van der Waals surface area contributed by atoms with Gasteiger partial charge in [-0.2, -0.15) is 0 Å². The molecule has 0 aliphatic carbocycles. The van der Waals surface area contributed by atoms with Crippen LogP contribution in [0.25, 0.3) is 0 Å². The molecule has 0 N–H and O–H groups in total. The van der Waals surface area contributed by atoms with Crippen LogP contribution in [0.3, 0.4) is 0 Å². The van der Waals surface area contributed by atoms with Gasteiger partial charge in [-0.25, -0.2) is 0 Å². The molecule has 0 bridgehead atoms. The van der Waals surface area contributed by atoms with Gasteiger partial charge in [-0.1, -0.05) is 25.7 Å². The average molecular weight is 241 g/mol. The summed E-state index contributed by atoms with van der Waals surface area (Å²) in [6.07, 6.45) is 0. The van der Waals surface area contributed by atoms with Crippen molar-refractivity contribution in [2.24, 2.45) is 5.92 Å². The lowest BCUT2D eigenvalue weighted by Crippen LogP contribution is -2.30. The molecule has 0 unspecified atom stereocenters. The van der Waals surface area contributed by atoms with Gasteiger partial charge in [0.1, 0.15) is 6.61 Å². The van der Waals surface area contributed by atoms with Gasteiger partial charge in [0, 0.05) is 18.5 Å². The summed E-state index contributed by atoms with van der Waals surface area (Å²) in [7, 11) is 2.10. The summed E-state index contributed by atoms with van der Waals surface area (Å²) in [5.74, 6) is 6.44. The highest BCUT2D eigenvalue weighted by molar-refractivity contribution is 5.01. The molecular weight excluding hydrogens is 214 g/mol. The predicted molar refractivity (Wildman–Crippen MR) is 72.0 cm³/mol. The molecule has 100 valence electrons. The van der Waals surface area contributed by atoms with Crippen LogP contribution in [0.5, 0.6) is 0 Å². The monoisotopic (exact) mass is 241 g/mol. The fourth-order valence-electron chi connectivity index (χ4n) is 1.06. The van der Waals surface area contributed by atoms with Gasteiger partial charge in [-0.15, -0.1) is 0 Å². The third kappa shape index (κ3) is 11.7. The summed E-state index contributed by atoms with van der Waals surface area (Å²) >= 11 is 0. The Morgan fingerprint density at radius 2 is 1.65 bits per heavy atom. The van der Waals surface area contributed by atoms with E-state index >= 15 is 0 Å². The van der Waals surface area contributed by atoms with E-state index in [4.69, 9.17) is 9.47 Å². The van der Waals surface area contributed by atoms with E-state index in [1.807, 2.05) is 0 Å². The summed E-state index contributed by atoms with van der Waals surface area (Å²) in [6, 6.07) is 0.571. The zero-order valence-corrected chi connectivity index (χ0v) is 12.0. The molecule has 0 spiro atoms. The first-order chi connectivity index (χ1) is 8.04. The first-order valence-electron chi connectivity index (χ1n) is 6.38. The fraction of sp³-hybridized carbons (Fsp3) is 0.857. The highest BCUT2D eigenvalue weighted by Crippen LogP contribution is 1.92. The van der Waals surface area contributed by atoms with Crippen molar-refractivity contribution in [3.63, 3.8) is 0 Å². The molecule has 0 aliphatic heterocycles. The van der Waals surface area contributed by atoms with Crippen LogP contribution in [0.2, 0.25) is 0 Å². The summed E-state index contributed by atoms with van der Waals surface area (Å²) in [5, 5.41) is 0. The van der Waals surface area contributed by atoms with Crippen LogP contribution in [-0.4, -0.2) is 51.0 Å². The van der Waals surface area contributed by atoms with Crippen molar-refractivity contribution in [2.75, 3.05) is 40.0 Å². The summed E-state index contributed by atoms with van der Waals surface area (Å²) in [6.45, 7) is 12.0. The second kappa shape index (κ2) is 10.6. The van der Waals surface area contributed by atoms with E-state index in [0.717, 1.165) is 13.2 Å². The van der Waals surface area contributed by atoms with Crippen LogP contribution in [0, 0.1) is 17.8 Å². The molecule has 0 radical (unpaired) electrons. The molecule has 0 heterocycles. The molecule has 0 amide bonds. The standard InChI is InChI=1S/C14H27NO2/c1-13(2)7-6-9-16-11-12-17-10-8-15(5)14(3)4/h13-14H,8-12H2,1-5H3. The lowest BCUT2D eigenvalue weighted by molar-refractivity contribution is 0.0486. The zero-order chi connectivity index (χ0) is 13.1. The Labute approximate surface area is 106 Å². The molecule has 17 heavy (non-hydrogen) atoms. The highest BCUT2D eigenvalue weighted by Gasteiger charge is 2.01. The number of likely N-dealkylation sites (N-methyl/N-ethyl adjacent to an activating group) is 1. The number of nitrogens with zero attached hydrogens (tertiary/aromatic N) is 1. The van der Waals surface area contributed by atoms with E-state index in [0.29, 0.717) is 31.8 Å². The number of ether oxygens (including phenoxy) is 2. The fourth-order valence-corrected chi connectivity index (χ4v) is 1.06. The second-order valence-corrected chi connectivity index (χ2v) is 4.72. The third-order valence-corrected chi connectivity index (χ3v) is 2.41. The molecule has 0 aliphatic rings. The van der Waals surface area contributed by atoms with Crippen LogP contribution < -0.4 is 0 Å². The SMILES string of the molecule is CC(C)C#CCOCCOCCN(C)C(C)C. The zero-order valence-electron chi connectivity index (χ0n) is 12.0. The Bertz CT molecular complexity index is 228. The maximum atomic E-state index is 5.47. The van der Waals surface area contributed by atoms with Crippen molar-refractivity contribution in [3.8, 4) is 11.8 Å². The van der Waals surface area contributed by atoms with E-state index in [9.17, 15) is 0 Å². The molecule has 0 aromatic heterocycles. The summed E-state index contributed by atoms with van der Waals surface area (Å²) in [5.41, 5.74) is 0. The maximum absolute atomic E-state index is 5.47. The largest absolute Gasteiger partial charge is 0.378 e. The lowest BCUT2D eigenvalue weighted by atomic mass is 10.2. The van der Waals surface area contributed by atoms with Crippen LogP contribution in [-0.2, 0) is 9.47 Å². The van der Waals surface area contributed by atoms with Crippen LogP contribution >= 0.6 is 0 Å². The highest BCUT2D eigenvalue weighted by atomic mass is 16.5. The van der Waals surface area contributed by atoms with Gasteiger partial charge in [0.25, 0.3) is 0 Å². The number of rotatable bonds is 8. The van der Waals surface area contributed by atoms with Gasteiger partial charge in [0.2, 0.25) is 0 Å². The van der Waals surface area contributed by atoms with E-state index in [1.165, 1.54) is 0 Å². The summed E-state index contributed by atoms with van der Waals surface area (Å²) in [4.78, 5) is 2.26. The van der Waals surface area contributed by atoms with Gasteiger partial charge >= 0.3 is 0 Å². The topological polar surface area (TPSA) is 21.7 Å². The van der Waals surface area contributed by atoms with Crippen molar-refractivity contribution in [2.45, 2.75) is 33.7 Å². The Kier molecular flexibility index (Phi) is 10.2. The minimum atomic E-state index is 0.418. The van der Waals surface area contributed by atoms with E-state index < -0.39 is 0 Å². The summed E-state index contributed by atoms with van der Waals surface area (Å²) < 4.78 is 10.8. The Morgan fingerprint density at radius 1 is 1.00 bits per heavy atom. The minimum absolute atomic E-state index is 0.418. The minimum Gasteiger partial charge on any atom is -0.378 e. The first kappa shape index (κ1) is 16.4. The van der Waals surface area contributed by atoms with Crippen molar-refractivity contribution in [3.05, 3.63) is 0 Å². The van der Waals surface area contributed by atoms with Gasteiger partial charge in [-0.3, -0.25) is 0 Å². The molecular formula is C14H27NO2. The second-order valence-electron chi connectivity index (χ2n) is 4.72. The molecule has 0 aromatic rings. The Balaban J connectivity index is 3.23. The van der Waals surface area contributed by atoms with E-state index in [-0.39, 0.29) is 0 Å². The molecule has 0 saturated heterocycles. The average Bonchev–Trinajstić information content (AvgIpc) is 2.25. The van der Waals surface area contributed by atoms with Crippen LogP contribution in [0.4, 0.5) is 0 Å². The molecule has 0 saturated carbocycles. The van der Waals surface area contributed by atoms with E-state index in [2.05, 4.69) is 51.5 Å². The Hall–Kier alpha value is -0.560. The predicted octanol–water partition coefficient (Wildman–Crippen LogP) is 2.02. The molecule has 3 heteroatoms. The molecule has 3 nitrogen and oxygen atoms in total. The number of hydrogen-bond acceptors (Lipinski definition) is 3. The maximum Gasteiger partial charge on any atom is 0.107 e. The Morgan fingerprint density at radius 3 is 2.24 bits per heavy atom. The lowest BCUT2D eigenvalue weighted by Gasteiger charge is -2.20. The molecule has 0 fully saturated rings. The van der Waals surface area contributed by atoms with E-state index in [1.54, 1.807) is 0 Å². The first-order valence-corrected chi connectivity index (χ1v) is 6.38. The van der Waals surface area contributed by atoms with Gasteiger partial charge in [0.15, 0.2) is 0 Å². The van der Waals surface area contributed by atoms with Crippen molar-refractivity contribution in [1.82, 2.24) is 4.90 Å². The quantitative estimate of drug-likeness (QED) is 0.479. The molecule has 0 atom stereocenters. The normalized spacial score (nSPS) is 11.1. The molecule has 0 aromatic carbocycles. The van der Waals surface area contributed by atoms with Crippen LogP contribution in [0.15, 0.2) is 0 Å². The van der Waals surface area contributed by atoms with Gasteiger partial charge < -0.3 is 14.4 Å². The smallest absolute Gasteiger partial charge is 0.107 e. The van der Waals surface area contributed by atoms with Crippen molar-refractivity contribution < 1.29 is 9.47 Å².